The van der Waals surface area contributed by atoms with Gasteiger partial charge in [0.1, 0.15) is 11.9 Å². The summed E-state index contributed by atoms with van der Waals surface area (Å²) in [7, 11) is 2.00. The van der Waals surface area contributed by atoms with Crippen LogP contribution in [0.2, 0.25) is 0 Å². The van der Waals surface area contributed by atoms with Gasteiger partial charge in [-0.1, -0.05) is 15.9 Å². The largest absolute Gasteiger partial charge is 0.484 e. The van der Waals surface area contributed by atoms with Crippen LogP contribution in [0.1, 0.15) is 0 Å². The molecule has 0 radical (unpaired) electrons. The fourth-order valence-corrected chi connectivity index (χ4v) is 1.95. The summed E-state index contributed by atoms with van der Waals surface area (Å²) in [5.41, 5.74) is 1.06. The van der Waals surface area contributed by atoms with Crippen molar-refractivity contribution >= 4 is 21.6 Å². The fourth-order valence-electron chi connectivity index (χ4n) is 1.60. The second-order valence-corrected chi connectivity index (χ2v) is 4.33. The maximum absolute atomic E-state index is 9.03. The highest BCUT2D eigenvalue weighted by molar-refractivity contribution is 9.10. The van der Waals surface area contributed by atoms with Crippen molar-refractivity contribution in [2.75, 3.05) is 25.1 Å². The number of fused-ring (bicyclic) bond motifs is 1. The fraction of sp³-hybridized carbons (Fsp3) is 0.400. The van der Waals surface area contributed by atoms with Crippen molar-refractivity contribution in [1.82, 2.24) is 0 Å². The molecule has 1 atom stereocenters. The van der Waals surface area contributed by atoms with E-state index in [0.717, 1.165) is 22.5 Å². The van der Waals surface area contributed by atoms with Gasteiger partial charge in [0.25, 0.3) is 0 Å². The predicted molar refractivity (Wildman–Crippen MR) is 58.9 cm³/mol. The lowest BCUT2D eigenvalue weighted by atomic mass is 10.2. The maximum atomic E-state index is 9.03. The molecule has 0 amide bonds. The molecule has 4 heteroatoms. The molecule has 0 fully saturated rings. The molecule has 0 spiro atoms. The van der Waals surface area contributed by atoms with E-state index in [-0.39, 0.29) is 12.7 Å². The number of aliphatic hydroxyl groups is 1. The van der Waals surface area contributed by atoms with Gasteiger partial charge < -0.3 is 14.7 Å². The minimum atomic E-state index is -0.117. The molecule has 1 unspecified atom stereocenters. The van der Waals surface area contributed by atoms with Crippen LogP contribution in [0.15, 0.2) is 22.7 Å². The Hall–Kier alpha value is -0.740. The van der Waals surface area contributed by atoms with E-state index in [1.165, 1.54) is 0 Å². The highest BCUT2D eigenvalue weighted by Gasteiger charge is 2.22. The van der Waals surface area contributed by atoms with E-state index in [2.05, 4.69) is 20.8 Å². The van der Waals surface area contributed by atoms with Crippen LogP contribution in [0.4, 0.5) is 5.69 Å². The number of aliphatic hydroxyl groups excluding tert-OH is 1. The molecule has 1 aliphatic heterocycles. The zero-order chi connectivity index (χ0) is 10.1. The molecule has 1 aromatic carbocycles. The van der Waals surface area contributed by atoms with Crippen LogP contribution in [0.3, 0.4) is 0 Å². The molecule has 1 heterocycles. The van der Waals surface area contributed by atoms with Crippen molar-refractivity contribution in [1.29, 1.82) is 0 Å². The summed E-state index contributed by atoms with van der Waals surface area (Å²) in [5, 5.41) is 9.03. The minimum absolute atomic E-state index is 0.0554. The number of hydrogen-bond donors (Lipinski definition) is 1. The van der Waals surface area contributed by atoms with Gasteiger partial charge >= 0.3 is 0 Å². The summed E-state index contributed by atoms with van der Waals surface area (Å²) in [6.45, 7) is 0.778. The SMILES string of the molecule is CN1CC(CO)Oc2ccc(Br)cc21. The first-order valence-electron chi connectivity index (χ1n) is 4.49. The van der Waals surface area contributed by atoms with Crippen molar-refractivity contribution in [3.8, 4) is 5.75 Å². The first kappa shape index (κ1) is 9.80. The van der Waals surface area contributed by atoms with Gasteiger partial charge in [-0.25, -0.2) is 0 Å². The average Bonchev–Trinajstić information content (AvgIpc) is 2.19. The summed E-state index contributed by atoms with van der Waals surface area (Å²) in [5.74, 6) is 0.834. The van der Waals surface area contributed by atoms with Gasteiger partial charge in [-0.2, -0.15) is 0 Å². The van der Waals surface area contributed by atoms with Gasteiger partial charge in [0.2, 0.25) is 0 Å². The van der Waals surface area contributed by atoms with Gasteiger partial charge in [-0.05, 0) is 18.2 Å². The lowest BCUT2D eigenvalue weighted by Crippen LogP contribution is -2.39. The number of benzene rings is 1. The Labute approximate surface area is 91.4 Å². The van der Waals surface area contributed by atoms with Crippen LogP contribution in [0.5, 0.6) is 5.75 Å². The van der Waals surface area contributed by atoms with Gasteiger partial charge in [-0.15, -0.1) is 0 Å². The van der Waals surface area contributed by atoms with Crippen LogP contribution in [0, 0.1) is 0 Å². The number of anilines is 1. The van der Waals surface area contributed by atoms with Crippen LogP contribution in [-0.2, 0) is 0 Å². The van der Waals surface area contributed by atoms with Crippen molar-refractivity contribution in [2.45, 2.75) is 6.10 Å². The Morgan fingerprint density at radius 1 is 1.64 bits per heavy atom. The summed E-state index contributed by atoms with van der Waals surface area (Å²) >= 11 is 3.42. The first-order valence-corrected chi connectivity index (χ1v) is 5.28. The van der Waals surface area contributed by atoms with E-state index in [0.29, 0.717) is 0 Å². The molecule has 1 aromatic rings. The molecule has 0 aliphatic carbocycles. The van der Waals surface area contributed by atoms with Crippen LogP contribution in [0.25, 0.3) is 0 Å². The van der Waals surface area contributed by atoms with Gasteiger partial charge in [0.05, 0.1) is 18.8 Å². The normalized spacial score (nSPS) is 20.2. The molecule has 14 heavy (non-hydrogen) atoms. The van der Waals surface area contributed by atoms with Gasteiger partial charge in [-0.3, -0.25) is 0 Å². The number of hydrogen-bond acceptors (Lipinski definition) is 3. The van der Waals surface area contributed by atoms with Gasteiger partial charge in [0, 0.05) is 11.5 Å². The highest BCUT2D eigenvalue weighted by Crippen LogP contribution is 2.34. The first-order chi connectivity index (χ1) is 6.70. The van der Waals surface area contributed by atoms with E-state index in [4.69, 9.17) is 9.84 Å². The maximum Gasteiger partial charge on any atom is 0.143 e. The second kappa shape index (κ2) is 3.79. The Balaban J connectivity index is 2.35. The molecule has 0 bridgehead atoms. The third-order valence-corrected chi connectivity index (χ3v) is 2.80. The Kier molecular flexibility index (Phi) is 2.65. The highest BCUT2D eigenvalue weighted by atomic mass is 79.9. The minimum Gasteiger partial charge on any atom is -0.484 e. The zero-order valence-electron chi connectivity index (χ0n) is 7.90. The molecule has 1 aliphatic rings. The van der Waals surface area contributed by atoms with E-state index in [1.807, 2.05) is 25.2 Å². The molecule has 1 N–H and O–H groups in total. The predicted octanol–water partition coefficient (Wildman–Crippen LogP) is 1.64. The second-order valence-electron chi connectivity index (χ2n) is 3.42. The lowest BCUT2D eigenvalue weighted by Gasteiger charge is -2.33. The number of halogens is 1. The third-order valence-electron chi connectivity index (χ3n) is 2.31. The molecule has 0 saturated heterocycles. The summed E-state index contributed by atoms with van der Waals surface area (Å²) in [6.07, 6.45) is -0.117. The monoisotopic (exact) mass is 257 g/mol. The smallest absolute Gasteiger partial charge is 0.143 e. The van der Waals surface area contributed by atoms with E-state index < -0.39 is 0 Å². The van der Waals surface area contributed by atoms with Crippen molar-refractivity contribution in [3.63, 3.8) is 0 Å². The molecule has 3 nitrogen and oxygen atoms in total. The molecule has 0 aromatic heterocycles. The van der Waals surface area contributed by atoms with Crippen molar-refractivity contribution < 1.29 is 9.84 Å². The van der Waals surface area contributed by atoms with E-state index in [9.17, 15) is 0 Å². The Morgan fingerprint density at radius 3 is 3.14 bits per heavy atom. The summed E-state index contributed by atoms with van der Waals surface area (Å²) in [6, 6.07) is 5.87. The van der Waals surface area contributed by atoms with Gasteiger partial charge in [0.15, 0.2) is 0 Å². The third kappa shape index (κ3) is 1.72. The van der Waals surface area contributed by atoms with Crippen molar-refractivity contribution in [2.24, 2.45) is 0 Å². The number of likely N-dealkylation sites (N-methyl/N-ethyl adjacent to an activating group) is 1. The number of ether oxygens (including phenoxy) is 1. The summed E-state index contributed by atoms with van der Waals surface area (Å²) < 4.78 is 6.63. The van der Waals surface area contributed by atoms with Crippen LogP contribution < -0.4 is 9.64 Å². The van der Waals surface area contributed by atoms with E-state index in [1.54, 1.807) is 0 Å². The molecule has 0 saturated carbocycles. The number of rotatable bonds is 1. The zero-order valence-corrected chi connectivity index (χ0v) is 9.49. The lowest BCUT2D eigenvalue weighted by molar-refractivity contribution is 0.113. The Bertz CT molecular complexity index is 343. The average molecular weight is 258 g/mol. The quantitative estimate of drug-likeness (QED) is 0.831. The topological polar surface area (TPSA) is 32.7 Å². The number of nitrogens with zero attached hydrogens (tertiary/aromatic N) is 1. The summed E-state index contributed by atoms with van der Waals surface area (Å²) in [4.78, 5) is 2.09. The van der Waals surface area contributed by atoms with Crippen LogP contribution >= 0.6 is 15.9 Å². The van der Waals surface area contributed by atoms with E-state index >= 15 is 0 Å². The Morgan fingerprint density at radius 2 is 2.43 bits per heavy atom. The van der Waals surface area contributed by atoms with Crippen molar-refractivity contribution in [3.05, 3.63) is 22.7 Å². The standard InChI is InChI=1S/C10H12BrNO2/c1-12-5-8(6-13)14-10-3-2-7(11)4-9(10)12/h2-4,8,13H,5-6H2,1H3. The molecule has 2 rings (SSSR count). The molecular formula is C10H12BrNO2. The molecular weight excluding hydrogens is 246 g/mol. The van der Waals surface area contributed by atoms with Crippen LogP contribution in [-0.4, -0.2) is 31.4 Å². The molecule has 76 valence electrons.